The van der Waals surface area contributed by atoms with Gasteiger partial charge in [0, 0.05) is 24.6 Å². The van der Waals surface area contributed by atoms with Gasteiger partial charge >= 0.3 is 0 Å². The molecule has 0 aromatic heterocycles. The minimum atomic E-state index is 0.0247. The quantitative estimate of drug-likeness (QED) is 0.746. The van der Waals surface area contributed by atoms with Gasteiger partial charge in [0.1, 0.15) is 0 Å². The molecule has 0 spiro atoms. The van der Waals surface area contributed by atoms with Crippen LogP contribution in [0.25, 0.3) is 0 Å². The van der Waals surface area contributed by atoms with Crippen LogP contribution in [0, 0.1) is 5.41 Å². The van der Waals surface area contributed by atoms with Gasteiger partial charge in [-0.05, 0) is 32.2 Å². The lowest BCUT2D eigenvalue weighted by Gasteiger charge is -2.39. The second kappa shape index (κ2) is 4.81. The first kappa shape index (κ1) is 11.4. The van der Waals surface area contributed by atoms with Crippen LogP contribution in [-0.4, -0.2) is 49.0 Å². The number of aliphatic hydroxyl groups excluding tert-OH is 1. The van der Waals surface area contributed by atoms with Crippen LogP contribution in [0.3, 0.4) is 0 Å². The summed E-state index contributed by atoms with van der Waals surface area (Å²) in [7, 11) is 0. The van der Waals surface area contributed by atoms with Crippen LogP contribution in [-0.2, 0) is 4.74 Å². The Hall–Kier alpha value is -0.120. The Morgan fingerprint density at radius 3 is 2.73 bits per heavy atom. The van der Waals surface area contributed by atoms with Crippen molar-refractivity contribution in [3.05, 3.63) is 0 Å². The maximum absolute atomic E-state index is 9.58. The summed E-state index contributed by atoms with van der Waals surface area (Å²) in [6.45, 7) is 6.23. The van der Waals surface area contributed by atoms with Crippen molar-refractivity contribution in [1.82, 2.24) is 4.90 Å². The van der Waals surface area contributed by atoms with Gasteiger partial charge in [-0.2, -0.15) is 0 Å². The van der Waals surface area contributed by atoms with Crippen LogP contribution in [0.5, 0.6) is 0 Å². The summed E-state index contributed by atoms with van der Waals surface area (Å²) in [6.07, 6.45) is 4.90. The van der Waals surface area contributed by atoms with E-state index >= 15 is 0 Å². The predicted molar refractivity (Wildman–Crippen MR) is 59.8 cm³/mol. The number of hydrogen-bond donors (Lipinski definition) is 1. The van der Waals surface area contributed by atoms with E-state index in [4.69, 9.17) is 4.74 Å². The second-order valence-electron chi connectivity index (χ2n) is 5.11. The Kier molecular flexibility index (Phi) is 3.65. The van der Waals surface area contributed by atoms with Gasteiger partial charge in [0.15, 0.2) is 0 Å². The average molecular weight is 213 g/mol. The largest absolute Gasteiger partial charge is 0.396 e. The molecule has 1 unspecified atom stereocenters. The van der Waals surface area contributed by atoms with Gasteiger partial charge in [-0.25, -0.2) is 0 Å². The van der Waals surface area contributed by atoms with Gasteiger partial charge in [0.2, 0.25) is 0 Å². The van der Waals surface area contributed by atoms with Gasteiger partial charge in [-0.15, -0.1) is 0 Å². The molecule has 1 heterocycles. The molecule has 1 N–H and O–H groups in total. The lowest BCUT2D eigenvalue weighted by molar-refractivity contribution is -0.0558. The minimum Gasteiger partial charge on any atom is -0.396 e. The molecule has 0 aromatic rings. The zero-order valence-corrected chi connectivity index (χ0v) is 9.74. The molecule has 1 aliphatic carbocycles. The van der Waals surface area contributed by atoms with Crippen molar-refractivity contribution in [3.63, 3.8) is 0 Å². The molecular formula is C12H23NO2. The van der Waals surface area contributed by atoms with Crippen LogP contribution >= 0.6 is 0 Å². The van der Waals surface area contributed by atoms with Crippen LogP contribution in [0.15, 0.2) is 0 Å². The van der Waals surface area contributed by atoms with Crippen molar-refractivity contribution in [2.45, 2.75) is 38.6 Å². The third-order valence-corrected chi connectivity index (χ3v) is 3.75. The third-order valence-electron chi connectivity index (χ3n) is 3.75. The topological polar surface area (TPSA) is 32.7 Å². The molecule has 88 valence electrons. The number of ether oxygens (including phenoxy) is 1. The molecule has 3 nitrogen and oxygen atoms in total. The summed E-state index contributed by atoms with van der Waals surface area (Å²) in [5.74, 6) is 0. The fraction of sp³-hybridized carbons (Fsp3) is 1.00. The monoisotopic (exact) mass is 213 g/mol. The van der Waals surface area contributed by atoms with Gasteiger partial charge in [-0.3, -0.25) is 4.90 Å². The molecule has 0 bridgehead atoms. The average Bonchev–Trinajstić information content (AvgIpc) is 3.11. The van der Waals surface area contributed by atoms with Crippen molar-refractivity contribution >= 4 is 0 Å². The second-order valence-corrected chi connectivity index (χ2v) is 5.11. The highest BCUT2D eigenvalue weighted by atomic mass is 16.5. The van der Waals surface area contributed by atoms with Gasteiger partial charge in [-0.1, -0.05) is 6.92 Å². The first-order valence-electron chi connectivity index (χ1n) is 6.22. The Morgan fingerprint density at radius 2 is 2.27 bits per heavy atom. The molecule has 1 atom stereocenters. The molecule has 1 saturated carbocycles. The van der Waals surface area contributed by atoms with Gasteiger partial charge in [0.25, 0.3) is 0 Å². The van der Waals surface area contributed by atoms with Crippen LogP contribution in [0.4, 0.5) is 0 Å². The van der Waals surface area contributed by atoms with Crippen LogP contribution in [0.2, 0.25) is 0 Å². The smallest absolute Gasteiger partial charge is 0.0556 e. The molecule has 3 heteroatoms. The van der Waals surface area contributed by atoms with Gasteiger partial charge in [0.05, 0.1) is 13.2 Å². The molecule has 2 fully saturated rings. The van der Waals surface area contributed by atoms with Crippen molar-refractivity contribution in [2.24, 2.45) is 5.41 Å². The van der Waals surface area contributed by atoms with E-state index in [9.17, 15) is 5.11 Å². The Bertz CT molecular complexity index is 198. The highest BCUT2D eigenvalue weighted by molar-refractivity contribution is 4.90. The Morgan fingerprint density at radius 1 is 1.47 bits per heavy atom. The number of aliphatic hydroxyl groups is 1. The van der Waals surface area contributed by atoms with Crippen molar-refractivity contribution in [3.8, 4) is 0 Å². The third kappa shape index (κ3) is 2.71. The standard InChI is InChI=1S/C12H23NO2/c1-2-13(11-4-5-11)8-12(9-14)6-3-7-15-10-12/h11,14H,2-10H2,1H3. The summed E-state index contributed by atoms with van der Waals surface area (Å²) in [4.78, 5) is 2.52. The number of rotatable bonds is 5. The highest BCUT2D eigenvalue weighted by Gasteiger charge is 2.38. The molecular weight excluding hydrogens is 190 g/mol. The maximum atomic E-state index is 9.58. The highest BCUT2D eigenvalue weighted by Crippen LogP contribution is 2.34. The van der Waals surface area contributed by atoms with E-state index < -0.39 is 0 Å². The first-order chi connectivity index (χ1) is 7.29. The summed E-state index contributed by atoms with van der Waals surface area (Å²) >= 11 is 0. The van der Waals surface area contributed by atoms with E-state index in [0.717, 1.165) is 45.2 Å². The van der Waals surface area contributed by atoms with Crippen LogP contribution in [0.1, 0.15) is 32.6 Å². The number of hydrogen-bond acceptors (Lipinski definition) is 3. The lowest BCUT2D eigenvalue weighted by Crippen LogP contribution is -2.46. The molecule has 0 aromatic carbocycles. The molecule has 15 heavy (non-hydrogen) atoms. The predicted octanol–water partition coefficient (Wildman–Crippen LogP) is 1.26. The minimum absolute atomic E-state index is 0.0247. The summed E-state index contributed by atoms with van der Waals surface area (Å²) < 4.78 is 5.54. The summed E-state index contributed by atoms with van der Waals surface area (Å²) in [5.41, 5.74) is 0.0247. The van der Waals surface area contributed by atoms with Crippen LogP contribution < -0.4 is 0 Å². The fourth-order valence-corrected chi connectivity index (χ4v) is 2.58. The molecule has 0 amide bonds. The SMILES string of the molecule is CCN(CC1(CO)CCCOC1)C1CC1. The molecule has 1 aliphatic heterocycles. The van der Waals surface area contributed by atoms with Gasteiger partial charge < -0.3 is 9.84 Å². The maximum Gasteiger partial charge on any atom is 0.0556 e. The van der Waals surface area contributed by atoms with E-state index in [1.165, 1.54) is 12.8 Å². The summed E-state index contributed by atoms with van der Waals surface area (Å²) in [5, 5.41) is 9.58. The normalized spacial score (nSPS) is 32.2. The number of nitrogens with zero attached hydrogens (tertiary/aromatic N) is 1. The molecule has 0 radical (unpaired) electrons. The van der Waals surface area contributed by atoms with E-state index in [0.29, 0.717) is 0 Å². The zero-order valence-electron chi connectivity index (χ0n) is 9.74. The lowest BCUT2D eigenvalue weighted by atomic mass is 9.82. The molecule has 1 saturated heterocycles. The van der Waals surface area contributed by atoms with E-state index in [1.54, 1.807) is 0 Å². The van der Waals surface area contributed by atoms with Crippen molar-refractivity contribution < 1.29 is 9.84 Å². The summed E-state index contributed by atoms with van der Waals surface area (Å²) in [6, 6.07) is 0.792. The zero-order chi connectivity index (χ0) is 10.7. The van der Waals surface area contributed by atoms with E-state index in [2.05, 4.69) is 11.8 Å². The first-order valence-corrected chi connectivity index (χ1v) is 6.22. The van der Waals surface area contributed by atoms with E-state index in [1.807, 2.05) is 0 Å². The van der Waals surface area contributed by atoms with Crippen molar-refractivity contribution in [1.29, 1.82) is 0 Å². The van der Waals surface area contributed by atoms with Crippen molar-refractivity contribution in [2.75, 3.05) is 32.9 Å². The fourth-order valence-electron chi connectivity index (χ4n) is 2.58. The molecule has 2 aliphatic rings. The Balaban J connectivity index is 1.92. The molecule has 2 rings (SSSR count). The Labute approximate surface area is 92.4 Å². The van der Waals surface area contributed by atoms with E-state index in [-0.39, 0.29) is 12.0 Å².